The molecule has 2 rings (SSSR count). The van der Waals surface area contributed by atoms with Crippen LogP contribution < -0.4 is 4.74 Å². The van der Waals surface area contributed by atoms with Gasteiger partial charge >= 0.3 is 0 Å². The summed E-state index contributed by atoms with van der Waals surface area (Å²) in [6.07, 6.45) is -0.546. The third kappa shape index (κ3) is 4.92. The molecule has 4 nitrogen and oxygen atoms in total. The van der Waals surface area contributed by atoms with Crippen molar-refractivity contribution in [3.63, 3.8) is 0 Å². The Morgan fingerprint density at radius 1 is 1.48 bits per heavy atom. The molecule has 1 aliphatic heterocycles. The molecule has 1 fully saturated rings. The van der Waals surface area contributed by atoms with Crippen LogP contribution in [0.4, 0.5) is 0 Å². The van der Waals surface area contributed by atoms with Gasteiger partial charge in [-0.05, 0) is 26.0 Å². The van der Waals surface area contributed by atoms with Crippen LogP contribution >= 0.6 is 11.8 Å². The van der Waals surface area contributed by atoms with Crippen molar-refractivity contribution in [2.24, 2.45) is 0 Å². The summed E-state index contributed by atoms with van der Waals surface area (Å²) in [7, 11) is 0. The Balaban J connectivity index is 1.82. The lowest BCUT2D eigenvalue weighted by molar-refractivity contribution is 0.0666. The molecule has 21 heavy (non-hydrogen) atoms. The number of β-amino-alcohol motifs (C(OH)–C–C–N with tert-alkyl or cyclic N) is 1. The summed E-state index contributed by atoms with van der Waals surface area (Å²) in [5, 5.41) is 19.1. The molecule has 1 unspecified atom stereocenters. The van der Waals surface area contributed by atoms with Gasteiger partial charge in [0, 0.05) is 30.1 Å². The molecular formula is C16H22N2O2S. The predicted molar refractivity (Wildman–Crippen MR) is 85.6 cm³/mol. The molecule has 1 atom stereocenters. The minimum atomic E-state index is -0.546. The second-order valence-corrected chi connectivity index (χ2v) is 7.72. The van der Waals surface area contributed by atoms with Crippen LogP contribution in [-0.2, 0) is 0 Å². The van der Waals surface area contributed by atoms with Gasteiger partial charge in [0.1, 0.15) is 24.5 Å². The molecule has 114 valence electrons. The molecule has 0 aromatic heterocycles. The van der Waals surface area contributed by atoms with E-state index in [0.717, 1.165) is 18.8 Å². The van der Waals surface area contributed by atoms with Crippen molar-refractivity contribution in [3.8, 4) is 11.8 Å². The monoisotopic (exact) mass is 306 g/mol. The maximum atomic E-state index is 10.1. The topological polar surface area (TPSA) is 56.5 Å². The molecule has 0 radical (unpaired) electrons. The number of benzene rings is 1. The van der Waals surface area contributed by atoms with Crippen LogP contribution in [0.5, 0.6) is 5.75 Å². The van der Waals surface area contributed by atoms with Crippen LogP contribution in [0, 0.1) is 11.3 Å². The SMILES string of the molecule is CC1(C)CN(CC(O)COc2ccccc2C#N)CCS1. The zero-order valence-electron chi connectivity index (χ0n) is 12.6. The van der Waals surface area contributed by atoms with Gasteiger partial charge in [0.25, 0.3) is 0 Å². The molecule has 1 heterocycles. The fourth-order valence-corrected chi connectivity index (χ4v) is 3.67. The lowest BCUT2D eigenvalue weighted by Crippen LogP contribution is -2.47. The van der Waals surface area contributed by atoms with E-state index >= 15 is 0 Å². The highest BCUT2D eigenvalue weighted by Crippen LogP contribution is 2.29. The summed E-state index contributed by atoms with van der Waals surface area (Å²) in [5.41, 5.74) is 0.500. The van der Waals surface area contributed by atoms with E-state index in [0.29, 0.717) is 17.9 Å². The van der Waals surface area contributed by atoms with Gasteiger partial charge in [-0.1, -0.05) is 12.1 Å². The van der Waals surface area contributed by atoms with Crippen molar-refractivity contribution in [3.05, 3.63) is 29.8 Å². The van der Waals surface area contributed by atoms with E-state index in [9.17, 15) is 5.11 Å². The lowest BCUT2D eigenvalue weighted by Gasteiger charge is -2.38. The van der Waals surface area contributed by atoms with Crippen LogP contribution in [0.25, 0.3) is 0 Å². The van der Waals surface area contributed by atoms with Crippen molar-refractivity contribution in [1.82, 2.24) is 4.90 Å². The number of nitrogens with zero attached hydrogens (tertiary/aromatic N) is 2. The summed E-state index contributed by atoms with van der Waals surface area (Å²) in [5.74, 6) is 1.63. The molecule has 0 amide bonds. The van der Waals surface area contributed by atoms with E-state index in [1.807, 2.05) is 17.8 Å². The fraction of sp³-hybridized carbons (Fsp3) is 0.562. The Kier molecular flexibility index (Phi) is 5.51. The highest BCUT2D eigenvalue weighted by atomic mass is 32.2. The van der Waals surface area contributed by atoms with Gasteiger partial charge in [-0.3, -0.25) is 4.90 Å². The van der Waals surface area contributed by atoms with Crippen LogP contribution in [-0.4, -0.2) is 52.9 Å². The quantitative estimate of drug-likeness (QED) is 0.903. The molecular weight excluding hydrogens is 284 g/mol. The summed E-state index contributed by atoms with van der Waals surface area (Å²) >= 11 is 1.98. The van der Waals surface area contributed by atoms with Crippen molar-refractivity contribution in [1.29, 1.82) is 5.26 Å². The van der Waals surface area contributed by atoms with Crippen LogP contribution in [0.3, 0.4) is 0 Å². The summed E-state index contributed by atoms with van der Waals surface area (Å²) in [6, 6.07) is 9.19. The molecule has 0 aliphatic carbocycles. The lowest BCUT2D eigenvalue weighted by atomic mass is 10.1. The van der Waals surface area contributed by atoms with E-state index in [4.69, 9.17) is 10.00 Å². The number of para-hydroxylation sites is 1. The summed E-state index contributed by atoms with van der Waals surface area (Å²) in [4.78, 5) is 2.28. The normalized spacial score (nSPS) is 19.7. The molecule has 0 saturated carbocycles. The van der Waals surface area contributed by atoms with Gasteiger partial charge in [-0.2, -0.15) is 17.0 Å². The summed E-state index contributed by atoms with van der Waals surface area (Å²) < 4.78 is 5.82. The van der Waals surface area contributed by atoms with Crippen LogP contribution in [0.15, 0.2) is 24.3 Å². The van der Waals surface area contributed by atoms with Crippen LogP contribution in [0.1, 0.15) is 19.4 Å². The number of aliphatic hydroxyl groups is 1. The third-order valence-electron chi connectivity index (χ3n) is 3.41. The Morgan fingerprint density at radius 2 is 2.24 bits per heavy atom. The number of thioether (sulfide) groups is 1. The number of rotatable bonds is 5. The zero-order valence-corrected chi connectivity index (χ0v) is 13.4. The molecule has 5 heteroatoms. The van der Waals surface area contributed by atoms with Crippen molar-refractivity contribution in [2.45, 2.75) is 24.7 Å². The predicted octanol–water partition coefficient (Wildman–Crippen LogP) is 2.13. The highest BCUT2D eigenvalue weighted by molar-refractivity contribution is 8.00. The average Bonchev–Trinajstić information content (AvgIpc) is 2.44. The van der Waals surface area contributed by atoms with E-state index in [2.05, 4.69) is 24.8 Å². The molecule has 1 N–H and O–H groups in total. The van der Waals surface area contributed by atoms with Crippen molar-refractivity contribution < 1.29 is 9.84 Å². The van der Waals surface area contributed by atoms with Gasteiger partial charge < -0.3 is 9.84 Å². The van der Waals surface area contributed by atoms with Gasteiger partial charge in [0.2, 0.25) is 0 Å². The average molecular weight is 306 g/mol. The minimum absolute atomic E-state index is 0.211. The molecule has 0 bridgehead atoms. The van der Waals surface area contributed by atoms with Gasteiger partial charge in [0.05, 0.1) is 5.56 Å². The fourth-order valence-electron chi connectivity index (χ4n) is 2.49. The summed E-state index contributed by atoms with van der Waals surface area (Å²) in [6.45, 7) is 7.26. The van der Waals surface area contributed by atoms with E-state index in [1.54, 1.807) is 18.2 Å². The van der Waals surface area contributed by atoms with Gasteiger partial charge in [0.15, 0.2) is 0 Å². The van der Waals surface area contributed by atoms with Gasteiger partial charge in [-0.15, -0.1) is 0 Å². The number of nitriles is 1. The Hall–Kier alpha value is -1.22. The molecule has 1 aromatic carbocycles. The maximum Gasteiger partial charge on any atom is 0.137 e. The third-order valence-corrected chi connectivity index (χ3v) is 4.71. The first kappa shape index (κ1) is 16.2. The minimum Gasteiger partial charge on any atom is -0.489 e. The molecule has 1 aromatic rings. The first-order valence-corrected chi connectivity index (χ1v) is 8.15. The number of hydrogen-bond acceptors (Lipinski definition) is 5. The first-order chi connectivity index (χ1) is 10.00. The van der Waals surface area contributed by atoms with Crippen LogP contribution in [0.2, 0.25) is 0 Å². The highest BCUT2D eigenvalue weighted by Gasteiger charge is 2.28. The van der Waals surface area contributed by atoms with E-state index in [-0.39, 0.29) is 11.4 Å². The first-order valence-electron chi connectivity index (χ1n) is 7.16. The molecule has 1 aliphatic rings. The number of ether oxygens (including phenoxy) is 1. The standard InChI is InChI=1S/C16H22N2O2S/c1-16(2)12-18(7-8-21-16)10-14(19)11-20-15-6-4-3-5-13(15)9-17/h3-6,14,19H,7-8,10-12H2,1-2H3. The second-order valence-electron chi connectivity index (χ2n) is 5.92. The maximum absolute atomic E-state index is 10.1. The Labute approximate surface area is 130 Å². The Bertz CT molecular complexity index is 513. The number of aliphatic hydroxyl groups excluding tert-OH is 1. The van der Waals surface area contributed by atoms with E-state index < -0.39 is 6.10 Å². The van der Waals surface area contributed by atoms with E-state index in [1.165, 1.54) is 0 Å². The second kappa shape index (κ2) is 7.17. The van der Waals surface area contributed by atoms with Crippen molar-refractivity contribution >= 4 is 11.8 Å². The van der Waals surface area contributed by atoms with Crippen molar-refractivity contribution in [2.75, 3.05) is 32.0 Å². The largest absolute Gasteiger partial charge is 0.489 e. The number of hydrogen-bond donors (Lipinski definition) is 1. The Morgan fingerprint density at radius 3 is 2.95 bits per heavy atom. The smallest absolute Gasteiger partial charge is 0.137 e. The van der Waals surface area contributed by atoms with Gasteiger partial charge in [-0.25, -0.2) is 0 Å². The zero-order chi connectivity index (χ0) is 15.3. The molecule has 1 saturated heterocycles. The molecule has 0 spiro atoms.